The monoisotopic (exact) mass is 619 g/mol. The maximum atomic E-state index is 7.29. The summed E-state index contributed by atoms with van der Waals surface area (Å²) in [5.74, 6) is -0.460. The molecule has 1 heterocycles. The second kappa shape index (κ2) is 16.5. The molecule has 4 aromatic rings. The van der Waals surface area contributed by atoms with E-state index in [1.807, 2.05) is 18.2 Å². The fourth-order valence-electron chi connectivity index (χ4n) is 7.10. The van der Waals surface area contributed by atoms with Gasteiger partial charge in [-0.3, -0.25) is 4.90 Å². The van der Waals surface area contributed by atoms with Crippen molar-refractivity contribution in [3.05, 3.63) is 144 Å². The molecule has 1 atom stereocenters. The van der Waals surface area contributed by atoms with Gasteiger partial charge < -0.3 is 18.9 Å². The molecular weight excluding hydrogens is 570 g/mol. The summed E-state index contributed by atoms with van der Waals surface area (Å²) in [5, 5.41) is 0. The fraction of sp³-hybridized carbons (Fsp3) is 0.415. The molecule has 0 spiro atoms. The molecule has 0 aromatic heterocycles. The number of rotatable bonds is 15. The molecule has 1 saturated carbocycles. The minimum atomic E-state index is -1.07. The Kier molecular flexibility index (Phi) is 11.7. The molecule has 4 aromatic carbocycles. The molecule has 6 rings (SSSR count). The van der Waals surface area contributed by atoms with Gasteiger partial charge in [0, 0.05) is 19.5 Å². The van der Waals surface area contributed by atoms with E-state index >= 15 is 0 Å². The maximum Gasteiger partial charge on any atom is 0.215 e. The standard InChI is InChI=1S/C41H49NO4/c1-6-17-35(18-7-1)29-42-28-16-27-41(45-32-38-23-12-4-13-24-38,46-33-39-25-14-5-15-26-39)40(42,44-31-37-21-10-3-11-22-37)34-43-30-36-19-8-2-9-20-36/h2-5,8-15,19-26,35H,1,6-7,16-18,27-34H2. The van der Waals surface area contributed by atoms with Gasteiger partial charge in [0.15, 0.2) is 5.72 Å². The van der Waals surface area contributed by atoms with Gasteiger partial charge in [-0.2, -0.15) is 0 Å². The van der Waals surface area contributed by atoms with Crippen molar-refractivity contribution in [2.24, 2.45) is 5.92 Å². The first-order valence-electron chi connectivity index (χ1n) is 17.2. The smallest absolute Gasteiger partial charge is 0.215 e. The third-order valence-electron chi connectivity index (χ3n) is 9.60. The van der Waals surface area contributed by atoms with Gasteiger partial charge in [-0.1, -0.05) is 141 Å². The summed E-state index contributed by atoms with van der Waals surface area (Å²) >= 11 is 0. The van der Waals surface area contributed by atoms with Crippen LogP contribution in [-0.2, 0) is 45.4 Å². The van der Waals surface area contributed by atoms with E-state index in [1.165, 1.54) is 32.1 Å². The number of piperidine rings is 1. The van der Waals surface area contributed by atoms with Crippen molar-refractivity contribution in [3.8, 4) is 0 Å². The molecule has 0 bridgehead atoms. The van der Waals surface area contributed by atoms with Crippen LogP contribution in [0.3, 0.4) is 0 Å². The highest BCUT2D eigenvalue weighted by Gasteiger charge is 2.61. The van der Waals surface area contributed by atoms with E-state index in [2.05, 4.69) is 108 Å². The lowest BCUT2D eigenvalue weighted by molar-refractivity contribution is -0.406. The van der Waals surface area contributed by atoms with Crippen LogP contribution in [0.4, 0.5) is 0 Å². The summed E-state index contributed by atoms with van der Waals surface area (Å²) in [4.78, 5) is 2.54. The van der Waals surface area contributed by atoms with E-state index in [4.69, 9.17) is 18.9 Å². The van der Waals surface area contributed by atoms with Gasteiger partial charge in [-0.05, 0) is 47.4 Å². The third-order valence-corrected chi connectivity index (χ3v) is 9.60. The zero-order valence-corrected chi connectivity index (χ0v) is 27.1. The third kappa shape index (κ3) is 8.33. The highest BCUT2D eigenvalue weighted by Crippen LogP contribution is 2.45. The Morgan fingerprint density at radius 3 is 1.48 bits per heavy atom. The van der Waals surface area contributed by atoms with Crippen LogP contribution in [0.15, 0.2) is 121 Å². The van der Waals surface area contributed by atoms with Crippen molar-refractivity contribution in [1.82, 2.24) is 4.90 Å². The van der Waals surface area contributed by atoms with E-state index in [-0.39, 0.29) is 0 Å². The van der Waals surface area contributed by atoms with Crippen LogP contribution in [0.1, 0.15) is 67.2 Å². The highest BCUT2D eigenvalue weighted by molar-refractivity contribution is 5.17. The molecule has 0 radical (unpaired) electrons. The second-order valence-electron chi connectivity index (χ2n) is 12.9. The zero-order chi connectivity index (χ0) is 31.3. The van der Waals surface area contributed by atoms with Crippen molar-refractivity contribution < 1.29 is 18.9 Å². The average Bonchev–Trinajstić information content (AvgIpc) is 3.12. The van der Waals surface area contributed by atoms with E-state index in [0.29, 0.717) is 45.4 Å². The van der Waals surface area contributed by atoms with Crippen LogP contribution >= 0.6 is 0 Å². The van der Waals surface area contributed by atoms with Crippen molar-refractivity contribution in [3.63, 3.8) is 0 Å². The quantitative estimate of drug-likeness (QED) is 0.124. The lowest BCUT2D eigenvalue weighted by Crippen LogP contribution is -2.73. The van der Waals surface area contributed by atoms with E-state index in [0.717, 1.165) is 41.8 Å². The van der Waals surface area contributed by atoms with Crippen molar-refractivity contribution >= 4 is 0 Å². The minimum Gasteiger partial charge on any atom is -0.372 e. The molecule has 1 saturated heterocycles. The molecule has 5 nitrogen and oxygen atoms in total. The summed E-state index contributed by atoms with van der Waals surface area (Å²) in [6.45, 7) is 3.93. The van der Waals surface area contributed by atoms with E-state index in [1.54, 1.807) is 0 Å². The Balaban J connectivity index is 1.40. The Bertz CT molecular complexity index is 1370. The van der Waals surface area contributed by atoms with Crippen LogP contribution in [0.25, 0.3) is 0 Å². The number of nitrogens with zero attached hydrogens (tertiary/aromatic N) is 1. The van der Waals surface area contributed by atoms with Crippen molar-refractivity contribution in [2.75, 3.05) is 19.7 Å². The van der Waals surface area contributed by atoms with Crippen molar-refractivity contribution in [2.45, 2.75) is 82.9 Å². The van der Waals surface area contributed by atoms with Crippen LogP contribution in [0.2, 0.25) is 0 Å². The molecule has 0 N–H and O–H groups in total. The topological polar surface area (TPSA) is 40.2 Å². The SMILES string of the molecule is c1ccc(COCC2(OCc3ccccc3)N(CC3CCCCC3)CCCC2(OCc2ccccc2)OCc2ccccc2)cc1. The summed E-state index contributed by atoms with van der Waals surface area (Å²) in [7, 11) is 0. The van der Waals surface area contributed by atoms with Gasteiger partial charge >= 0.3 is 0 Å². The van der Waals surface area contributed by atoms with Crippen LogP contribution in [-0.4, -0.2) is 36.1 Å². The Labute approximate surface area is 275 Å². The molecule has 2 aliphatic rings. The molecule has 1 aliphatic carbocycles. The predicted molar refractivity (Wildman–Crippen MR) is 183 cm³/mol. The van der Waals surface area contributed by atoms with E-state index < -0.39 is 11.5 Å². The minimum absolute atomic E-state index is 0.324. The summed E-state index contributed by atoms with van der Waals surface area (Å²) in [6.07, 6.45) is 8.07. The summed E-state index contributed by atoms with van der Waals surface area (Å²) in [6, 6.07) is 41.7. The van der Waals surface area contributed by atoms with Gasteiger partial charge in [0.05, 0.1) is 33.0 Å². The highest BCUT2D eigenvalue weighted by atomic mass is 16.7. The first-order valence-corrected chi connectivity index (χ1v) is 17.2. The second-order valence-corrected chi connectivity index (χ2v) is 12.9. The lowest BCUT2D eigenvalue weighted by atomic mass is 9.85. The zero-order valence-electron chi connectivity index (χ0n) is 27.1. The molecule has 1 aliphatic heterocycles. The first kappa shape index (κ1) is 32.6. The van der Waals surface area contributed by atoms with Gasteiger partial charge in [0.1, 0.15) is 0 Å². The molecule has 1 unspecified atom stereocenters. The van der Waals surface area contributed by atoms with Crippen molar-refractivity contribution in [1.29, 1.82) is 0 Å². The molecule has 5 heteroatoms. The number of hydrogen-bond acceptors (Lipinski definition) is 5. The maximum absolute atomic E-state index is 7.29. The normalized spacial score (nSPS) is 20.4. The molecule has 242 valence electrons. The predicted octanol–water partition coefficient (Wildman–Crippen LogP) is 8.92. The number of likely N-dealkylation sites (tertiary alicyclic amines) is 1. The fourth-order valence-corrected chi connectivity index (χ4v) is 7.10. The van der Waals surface area contributed by atoms with E-state index in [9.17, 15) is 0 Å². The summed E-state index contributed by atoms with van der Waals surface area (Å²) < 4.78 is 28.3. The molecular formula is C41H49NO4. The van der Waals surface area contributed by atoms with Crippen LogP contribution in [0, 0.1) is 5.92 Å². The Morgan fingerprint density at radius 1 is 0.522 bits per heavy atom. The van der Waals surface area contributed by atoms with Gasteiger partial charge in [-0.25, -0.2) is 0 Å². The average molecular weight is 620 g/mol. The summed E-state index contributed by atoms with van der Waals surface area (Å²) in [5.41, 5.74) is 3.50. The largest absolute Gasteiger partial charge is 0.372 e. The van der Waals surface area contributed by atoms with Gasteiger partial charge in [0.2, 0.25) is 5.79 Å². The first-order chi connectivity index (χ1) is 22.7. The van der Waals surface area contributed by atoms with Gasteiger partial charge in [0.25, 0.3) is 0 Å². The molecule has 46 heavy (non-hydrogen) atoms. The Morgan fingerprint density at radius 2 is 0.978 bits per heavy atom. The number of ether oxygens (including phenoxy) is 4. The molecule has 2 fully saturated rings. The lowest BCUT2D eigenvalue weighted by Gasteiger charge is -2.57. The Hall–Kier alpha value is -3.32. The van der Waals surface area contributed by atoms with Crippen LogP contribution in [0.5, 0.6) is 0 Å². The van der Waals surface area contributed by atoms with Crippen LogP contribution < -0.4 is 0 Å². The van der Waals surface area contributed by atoms with Gasteiger partial charge in [-0.15, -0.1) is 0 Å². The number of benzene rings is 4. The number of hydrogen-bond donors (Lipinski definition) is 0. The molecule has 0 amide bonds.